The van der Waals surface area contributed by atoms with Gasteiger partial charge < -0.3 is 14.8 Å². The van der Waals surface area contributed by atoms with Crippen molar-refractivity contribution in [3.8, 4) is 11.3 Å². The van der Waals surface area contributed by atoms with E-state index in [1.54, 1.807) is 25.1 Å². The molecule has 5 nitrogen and oxygen atoms in total. The van der Waals surface area contributed by atoms with Crippen molar-refractivity contribution in [3.63, 3.8) is 0 Å². The number of anilines is 1. The molecule has 32 heavy (non-hydrogen) atoms. The maximum atomic E-state index is 14.3. The van der Waals surface area contributed by atoms with Gasteiger partial charge in [0.05, 0.1) is 22.7 Å². The number of carbonyl (C=O) groups is 1. The van der Waals surface area contributed by atoms with E-state index in [1.165, 1.54) is 36.4 Å². The maximum absolute atomic E-state index is 14.3. The third-order valence-electron chi connectivity index (χ3n) is 5.21. The lowest BCUT2D eigenvalue weighted by Gasteiger charge is -2.19. The first-order valence-electron chi connectivity index (χ1n) is 9.88. The summed E-state index contributed by atoms with van der Waals surface area (Å²) in [5.74, 6) is -2.71. The average molecular weight is 435 g/mol. The molecule has 0 aliphatic heterocycles. The summed E-state index contributed by atoms with van der Waals surface area (Å²) in [7, 11) is 0. The normalized spacial score (nSPS) is 12.0. The van der Waals surface area contributed by atoms with Gasteiger partial charge in [-0.2, -0.15) is 0 Å². The fourth-order valence-electron chi connectivity index (χ4n) is 3.72. The van der Waals surface area contributed by atoms with Crippen molar-refractivity contribution in [1.82, 2.24) is 0 Å². The van der Waals surface area contributed by atoms with E-state index in [-0.39, 0.29) is 28.0 Å². The molecule has 0 saturated carbocycles. The van der Waals surface area contributed by atoms with Gasteiger partial charge in [-0.3, -0.25) is 4.79 Å². The molecule has 0 bridgehead atoms. The minimum absolute atomic E-state index is 0.0786. The molecule has 1 heterocycles. The second kappa shape index (κ2) is 8.26. The Balaban J connectivity index is 1.87. The number of carboxylic acid groups (broad SMARTS) is 1. The van der Waals surface area contributed by atoms with E-state index in [4.69, 9.17) is 4.42 Å². The van der Waals surface area contributed by atoms with Crippen LogP contribution >= 0.6 is 0 Å². The third-order valence-corrected chi connectivity index (χ3v) is 5.21. The molecule has 3 aromatic carbocycles. The zero-order valence-corrected chi connectivity index (χ0v) is 17.3. The van der Waals surface area contributed by atoms with Crippen LogP contribution in [0, 0.1) is 18.6 Å². The van der Waals surface area contributed by atoms with Crippen molar-refractivity contribution in [3.05, 3.63) is 99.2 Å². The molecule has 0 spiro atoms. The van der Waals surface area contributed by atoms with Crippen LogP contribution in [0.1, 0.15) is 34.5 Å². The fraction of sp³-hybridized carbons (Fsp3) is 0.120. The van der Waals surface area contributed by atoms with Gasteiger partial charge in [0.25, 0.3) is 0 Å². The summed E-state index contributed by atoms with van der Waals surface area (Å²) < 4.78 is 34.4. The third kappa shape index (κ3) is 3.85. The molecule has 162 valence electrons. The Morgan fingerprint density at radius 2 is 1.75 bits per heavy atom. The van der Waals surface area contributed by atoms with Crippen molar-refractivity contribution in [1.29, 1.82) is 0 Å². The number of hydrogen-bond acceptors (Lipinski definition) is 4. The van der Waals surface area contributed by atoms with Crippen LogP contribution < -0.4 is 10.7 Å². The number of rotatable bonds is 5. The van der Waals surface area contributed by atoms with Crippen LogP contribution in [-0.2, 0) is 0 Å². The summed E-state index contributed by atoms with van der Waals surface area (Å²) in [4.78, 5) is 24.4. The van der Waals surface area contributed by atoms with E-state index in [9.17, 15) is 23.5 Å². The summed E-state index contributed by atoms with van der Waals surface area (Å²) >= 11 is 0. The van der Waals surface area contributed by atoms with Crippen molar-refractivity contribution in [2.24, 2.45) is 0 Å². The van der Waals surface area contributed by atoms with Gasteiger partial charge in [-0.05, 0) is 49.7 Å². The first-order chi connectivity index (χ1) is 15.3. The standard InChI is InChI=1S/C25H19F2NO4/c1-13-10-16(14(2)28-20-9-5-8-19(27)23(20)25(30)31)24-17(11-13)21(29)12-22(32-24)15-6-3-4-7-18(15)26/h3-12,14,28H,1-2H3,(H,30,31). The molecule has 0 aliphatic rings. The quantitative estimate of drug-likeness (QED) is 0.407. The van der Waals surface area contributed by atoms with Crippen molar-refractivity contribution >= 4 is 22.6 Å². The zero-order valence-electron chi connectivity index (χ0n) is 17.3. The highest BCUT2D eigenvalue weighted by molar-refractivity contribution is 5.94. The second-order valence-corrected chi connectivity index (χ2v) is 7.52. The van der Waals surface area contributed by atoms with Gasteiger partial charge in [0, 0.05) is 11.6 Å². The molecule has 0 aliphatic carbocycles. The molecule has 0 fully saturated rings. The number of hydrogen-bond donors (Lipinski definition) is 2. The molecule has 1 atom stereocenters. The number of nitrogens with one attached hydrogen (secondary N) is 1. The van der Waals surface area contributed by atoms with E-state index in [0.29, 0.717) is 10.9 Å². The molecule has 1 aromatic heterocycles. The highest BCUT2D eigenvalue weighted by Crippen LogP contribution is 2.32. The molecule has 0 saturated heterocycles. The topological polar surface area (TPSA) is 79.5 Å². The number of carboxylic acids is 1. The lowest BCUT2D eigenvalue weighted by atomic mass is 10.00. The van der Waals surface area contributed by atoms with E-state index >= 15 is 0 Å². The molecule has 0 amide bonds. The maximum Gasteiger partial charge on any atom is 0.340 e. The predicted molar refractivity (Wildman–Crippen MR) is 118 cm³/mol. The van der Waals surface area contributed by atoms with Crippen LogP contribution in [0.15, 0.2) is 69.9 Å². The second-order valence-electron chi connectivity index (χ2n) is 7.52. The monoisotopic (exact) mass is 435 g/mol. The summed E-state index contributed by atoms with van der Waals surface area (Å²) in [6.45, 7) is 3.55. The predicted octanol–water partition coefficient (Wildman–Crippen LogP) is 5.92. The number of fused-ring (bicyclic) bond motifs is 1. The van der Waals surface area contributed by atoms with E-state index in [2.05, 4.69) is 5.32 Å². The molecule has 1 unspecified atom stereocenters. The summed E-state index contributed by atoms with van der Waals surface area (Å²) in [5.41, 5.74) is 1.00. The minimum Gasteiger partial charge on any atom is -0.478 e. The van der Waals surface area contributed by atoms with E-state index in [1.807, 2.05) is 6.92 Å². The van der Waals surface area contributed by atoms with Gasteiger partial charge in [-0.25, -0.2) is 13.6 Å². The Bertz CT molecular complexity index is 1410. The smallest absolute Gasteiger partial charge is 0.340 e. The van der Waals surface area contributed by atoms with E-state index < -0.39 is 29.2 Å². The first-order valence-corrected chi connectivity index (χ1v) is 9.88. The SMILES string of the molecule is Cc1cc(C(C)Nc2cccc(F)c2C(=O)O)c2oc(-c3ccccc3F)cc(=O)c2c1. The number of aryl methyl sites for hydroxylation is 1. The van der Waals surface area contributed by atoms with Crippen LogP contribution in [0.3, 0.4) is 0 Å². The average Bonchev–Trinajstić information content (AvgIpc) is 2.73. The highest BCUT2D eigenvalue weighted by Gasteiger charge is 2.21. The van der Waals surface area contributed by atoms with Gasteiger partial charge in [-0.15, -0.1) is 0 Å². The molecule has 4 aromatic rings. The lowest BCUT2D eigenvalue weighted by Crippen LogP contribution is -2.13. The molecule has 7 heteroatoms. The molecular formula is C25H19F2NO4. The van der Waals surface area contributed by atoms with Crippen LogP contribution in [0.5, 0.6) is 0 Å². The Kier molecular flexibility index (Phi) is 5.48. The summed E-state index contributed by atoms with van der Waals surface area (Å²) in [6.07, 6.45) is 0. The molecule has 0 radical (unpaired) electrons. The van der Waals surface area contributed by atoms with Crippen LogP contribution in [-0.4, -0.2) is 11.1 Å². The number of halogens is 2. The molecule has 2 N–H and O–H groups in total. The van der Waals surface area contributed by atoms with E-state index in [0.717, 1.165) is 11.6 Å². The number of aromatic carboxylic acids is 1. The summed E-state index contributed by atoms with van der Waals surface area (Å²) in [6, 6.07) is 14.1. The zero-order chi connectivity index (χ0) is 23.0. The van der Waals surface area contributed by atoms with Crippen LogP contribution in [0.2, 0.25) is 0 Å². The Hall–Kier alpha value is -4.00. The van der Waals surface area contributed by atoms with Gasteiger partial charge >= 0.3 is 5.97 Å². The highest BCUT2D eigenvalue weighted by atomic mass is 19.1. The van der Waals surface area contributed by atoms with Crippen molar-refractivity contribution in [2.45, 2.75) is 19.9 Å². The van der Waals surface area contributed by atoms with Gasteiger partial charge in [0.15, 0.2) is 5.43 Å². The van der Waals surface area contributed by atoms with Gasteiger partial charge in [0.1, 0.15) is 28.5 Å². The fourth-order valence-corrected chi connectivity index (χ4v) is 3.72. The Labute approximate surface area is 181 Å². The molecule has 4 rings (SSSR count). The lowest BCUT2D eigenvalue weighted by molar-refractivity contribution is 0.0693. The van der Waals surface area contributed by atoms with Crippen molar-refractivity contribution < 1.29 is 23.1 Å². The van der Waals surface area contributed by atoms with Crippen molar-refractivity contribution in [2.75, 3.05) is 5.32 Å². The van der Waals surface area contributed by atoms with Crippen LogP contribution in [0.4, 0.5) is 14.5 Å². The largest absolute Gasteiger partial charge is 0.478 e. The van der Waals surface area contributed by atoms with Crippen LogP contribution in [0.25, 0.3) is 22.3 Å². The van der Waals surface area contributed by atoms with Gasteiger partial charge in [-0.1, -0.05) is 24.3 Å². The Morgan fingerprint density at radius 3 is 2.47 bits per heavy atom. The summed E-state index contributed by atoms with van der Waals surface area (Å²) in [5, 5.41) is 12.7. The molecular weight excluding hydrogens is 416 g/mol. The Morgan fingerprint density at radius 1 is 1.03 bits per heavy atom. The number of benzene rings is 3. The first kappa shape index (κ1) is 21.2. The minimum atomic E-state index is -1.40. The van der Waals surface area contributed by atoms with Gasteiger partial charge in [0.2, 0.25) is 0 Å².